The Morgan fingerprint density at radius 1 is 1.59 bits per heavy atom. The van der Waals surface area contributed by atoms with Gasteiger partial charge in [-0.2, -0.15) is 0 Å². The molecule has 1 heterocycles. The Labute approximate surface area is 153 Å². The summed E-state index contributed by atoms with van der Waals surface area (Å²) in [6.45, 7) is 7.63. The van der Waals surface area contributed by atoms with E-state index in [9.17, 15) is 4.79 Å². The summed E-state index contributed by atoms with van der Waals surface area (Å²) in [5, 5.41) is 0. The molecule has 1 aliphatic rings. The summed E-state index contributed by atoms with van der Waals surface area (Å²) >= 11 is 9.32. The van der Waals surface area contributed by atoms with Gasteiger partial charge >= 0.3 is 5.97 Å². The fourth-order valence-corrected chi connectivity index (χ4v) is 7.56. The first-order valence-corrected chi connectivity index (χ1v) is 10.7. The molecule has 1 aromatic rings. The first kappa shape index (κ1) is 18.3. The third-order valence-corrected chi connectivity index (χ3v) is 9.11. The van der Waals surface area contributed by atoms with Crippen LogP contribution in [0.4, 0.5) is 0 Å². The maximum Gasteiger partial charge on any atom is 0.330 e. The molecule has 0 aromatic heterocycles. The van der Waals surface area contributed by atoms with Gasteiger partial charge in [0.1, 0.15) is 6.10 Å². The van der Waals surface area contributed by atoms with Gasteiger partial charge in [-0.3, -0.25) is 0 Å². The van der Waals surface area contributed by atoms with Crippen LogP contribution < -0.4 is 0 Å². The summed E-state index contributed by atoms with van der Waals surface area (Å²) in [6, 6.07) is 8.56. The normalized spacial score (nSPS) is 25.7. The molecule has 22 heavy (non-hydrogen) atoms. The second kappa shape index (κ2) is 8.18. The molecular weight excluding hydrogens is 400 g/mol. The Balaban J connectivity index is 1.85. The van der Waals surface area contributed by atoms with E-state index in [0.29, 0.717) is 4.58 Å². The minimum Gasteiger partial charge on any atom is -0.459 e. The molecule has 1 fully saturated rings. The van der Waals surface area contributed by atoms with Gasteiger partial charge in [-0.1, -0.05) is 34.6 Å². The van der Waals surface area contributed by atoms with Gasteiger partial charge in [0.25, 0.3) is 0 Å². The molecule has 3 unspecified atom stereocenters. The minimum absolute atomic E-state index is 0.0827. The van der Waals surface area contributed by atoms with Crippen molar-refractivity contribution in [1.29, 1.82) is 0 Å². The lowest BCUT2D eigenvalue weighted by molar-refractivity contribution is -0.141. The second-order valence-corrected chi connectivity index (χ2v) is 10.9. The first-order chi connectivity index (χ1) is 10.4. The molecule has 0 N–H and O–H groups in total. The van der Waals surface area contributed by atoms with Crippen molar-refractivity contribution in [3.63, 3.8) is 0 Å². The monoisotopic (exact) mass is 418 g/mol. The highest BCUT2D eigenvalue weighted by molar-refractivity contribution is 9.10. The summed E-state index contributed by atoms with van der Waals surface area (Å²) in [6.07, 6.45) is 1.13. The summed E-state index contributed by atoms with van der Waals surface area (Å²) in [4.78, 5) is 11.2. The quantitative estimate of drug-likeness (QED) is 0.462. The number of ether oxygens (including phenoxy) is 1. The van der Waals surface area contributed by atoms with Gasteiger partial charge < -0.3 is 4.74 Å². The predicted octanol–water partition coefficient (Wildman–Crippen LogP) is 5.28. The van der Waals surface area contributed by atoms with Crippen molar-refractivity contribution < 1.29 is 9.53 Å². The van der Waals surface area contributed by atoms with Crippen molar-refractivity contribution in [2.75, 3.05) is 11.5 Å². The number of benzene rings is 1. The van der Waals surface area contributed by atoms with E-state index in [4.69, 9.17) is 4.74 Å². The molecule has 3 atom stereocenters. The van der Waals surface area contributed by atoms with Crippen LogP contribution in [-0.4, -0.2) is 28.2 Å². The van der Waals surface area contributed by atoms with Crippen LogP contribution in [0.1, 0.15) is 19.4 Å². The van der Waals surface area contributed by atoms with Crippen LogP contribution in [0.5, 0.6) is 0 Å². The van der Waals surface area contributed by atoms with Crippen molar-refractivity contribution in [3.05, 3.63) is 47.0 Å². The summed E-state index contributed by atoms with van der Waals surface area (Å²) in [7, 11) is 0. The second-order valence-electron chi connectivity index (χ2n) is 5.10. The molecule has 2 nitrogen and oxygen atoms in total. The zero-order valence-electron chi connectivity index (χ0n) is 12.6. The number of carbonyl (C=O) groups is 1. The molecular formula is C16H19BrO2S3. The third-order valence-electron chi connectivity index (χ3n) is 3.22. The highest BCUT2D eigenvalue weighted by Crippen LogP contribution is 2.57. The smallest absolute Gasteiger partial charge is 0.330 e. The molecule has 120 valence electrons. The molecule has 6 heteroatoms. The van der Waals surface area contributed by atoms with Crippen LogP contribution in [0.25, 0.3) is 0 Å². The Bertz CT molecular complexity index is 535. The van der Waals surface area contributed by atoms with Gasteiger partial charge in [0, 0.05) is 22.1 Å². The lowest BCUT2D eigenvalue weighted by Crippen LogP contribution is -2.17. The van der Waals surface area contributed by atoms with E-state index in [-0.39, 0.29) is 16.2 Å². The molecule has 1 aliphatic heterocycles. The predicted molar refractivity (Wildman–Crippen MR) is 104 cm³/mol. The third kappa shape index (κ3) is 4.98. The Morgan fingerprint density at radius 3 is 2.91 bits per heavy atom. The van der Waals surface area contributed by atoms with Gasteiger partial charge in [-0.25, -0.2) is 4.79 Å². The van der Waals surface area contributed by atoms with Crippen LogP contribution in [0.2, 0.25) is 0 Å². The molecule has 0 spiro atoms. The van der Waals surface area contributed by atoms with Crippen molar-refractivity contribution >= 4 is 57.2 Å². The van der Waals surface area contributed by atoms with E-state index in [1.807, 2.05) is 42.2 Å². The summed E-state index contributed by atoms with van der Waals surface area (Å²) in [5.41, 5.74) is 1.35. The number of esters is 1. The van der Waals surface area contributed by atoms with Gasteiger partial charge in [0.05, 0.1) is 8.66 Å². The van der Waals surface area contributed by atoms with E-state index in [0.717, 1.165) is 16.0 Å². The number of thioether (sulfide) groups is 3. The van der Waals surface area contributed by atoms with E-state index in [1.54, 1.807) is 0 Å². The van der Waals surface area contributed by atoms with Gasteiger partial charge in [-0.05, 0) is 31.5 Å². The standard InChI is InChI=1S/C16H19BrO2S3/c1-4-14(18)19-11(2)9-20-15-10-21-16(3,22-15)12-5-7-13(17)8-6-12/h4-8,11,15H,1,9-10H2,2-3H3. The highest BCUT2D eigenvalue weighted by Gasteiger charge is 2.38. The van der Waals surface area contributed by atoms with Gasteiger partial charge in [0.2, 0.25) is 0 Å². The van der Waals surface area contributed by atoms with E-state index in [2.05, 4.69) is 53.7 Å². The molecule has 2 rings (SSSR count). The largest absolute Gasteiger partial charge is 0.459 e. The lowest BCUT2D eigenvalue weighted by Gasteiger charge is -2.23. The molecule has 0 bridgehead atoms. The van der Waals surface area contributed by atoms with Crippen molar-refractivity contribution in [2.24, 2.45) is 0 Å². The van der Waals surface area contributed by atoms with Gasteiger partial charge in [0.15, 0.2) is 0 Å². The fraction of sp³-hybridized carbons (Fsp3) is 0.438. The Kier molecular flexibility index (Phi) is 6.80. The Morgan fingerprint density at radius 2 is 2.27 bits per heavy atom. The summed E-state index contributed by atoms with van der Waals surface area (Å²) < 4.78 is 6.93. The van der Waals surface area contributed by atoms with Crippen LogP contribution in [0.3, 0.4) is 0 Å². The number of hydrogen-bond donors (Lipinski definition) is 0. The van der Waals surface area contributed by atoms with Crippen LogP contribution in [0.15, 0.2) is 41.4 Å². The van der Waals surface area contributed by atoms with Crippen LogP contribution >= 0.6 is 51.2 Å². The molecule has 1 aromatic carbocycles. The topological polar surface area (TPSA) is 26.3 Å². The fourth-order valence-electron chi connectivity index (χ4n) is 2.06. The zero-order valence-corrected chi connectivity index (χ0v) is 16.6. The van der Waals surface area contributed by atoms with Crippen molar-refractivity contribution in [3.8, 4) is 0 Å². The zero-order chi connectivity index (χ0) is 16.2. The number of rotatable bonds is 6. The van der Waals surface area contributed by atoms with Gasteiger partial charge in [-0.15, -0.1) is 35.3 Å². The van der Waals surface area contributed by atoms with E-state index < -0.39 is 0 Å². The molecule has 0 radical (unpaired) electrons. The SMILES string of the molecule is C=CC(=O)OC(C)CSC1CSC(C)(c2ccc(Br)cc2)S1. The minimum atomic E-state index is -0.346. The first-order valence-electron chi connectivity index (χ1n) is 6.95. The number of carbonyl (C=O) groups excluding carboxylic acids is 1. The lowest BCUT2D eigenvalue weighted by atomic mass is 10.2. The molecule has 0 aliphatic carbocycles. The van der Waals surface area contributed by atoms with Crippen LogP contribution in [-0.2, 0) is 13.6 Å². The average Bonchev–Trinajstić information content (AvgIpc) is 2.88. The van der Waals surface area contributed by atoms with E-state index >= 15 is 0 Å². The number of halogens is 1. The maximum atomic E-state index is 11.2. The maximum absolute atomic E-state index is 11.2. The van der Waals surface area contributed by atoms with Crippen molar-refractivity contribution in [2.45, 2.75) is 28.6 Å². The molecule has 1 saturated heterocycles. The summed E-state index contributed by atoms with van der Waals surface area (Å²) in [5.74, 6) is 1.57. The van der Waals surface area contributed by atoms with Crippen LogP contribution in [0, 0.1) is 0 Å². The van der Waals surface area contributed by atoms with E-state index in [1.165, 1.54) is 11.6 Å². The molecule has 0 saturated carbocycles. The molecule has 0 amide bonds. The Hall–Kier alpha value is -0.0400. The number of hydrogen-bond acceptors (Lipinski definition) is 5. The highest BCUT2D eigenvalue weighted by atomic mass is 79.9. The average molecular weight is 419 g/mol. The van der Waals surface area contributed by atoms with Crippen molar-refractivity contribution in [1.82, 2.24) is 0 Å².